The Bertz CT molecular complexity index is 513. The molecule has 2 aromatic rings. The Kier molecular flexibility index (Phi) is 4.64. The predicted octanol–water partition coefficient (Wildman–Crippen LogP) is 4.08. The number of halogens is 1. The fourth-order valence-corrected chi connectivity index (χ4v) is 2.49. The van der Waals surface area contributed by atoms with Gasteiger partial charge in [0.2, 0.25) is 0 Å². The zero-order valence-corrected chi connectivity index (χ0v) is 11.6. The number of pyridine rings is 1. The minimum Gasteiger partial charge on any atom is -0.389 e. The molecule has 0 bridgehead atoms. The summed E-state index contributed by atoms with van der Waals surface area (Å²) in [4.78, 5) is 4.28. The van der Waals surface area contributed by atoms with Crippen LogP contribution in [0.25, 0.3) is 0 Å². The molecule has 0 aliphatic heterocycles. The van der Waals surface area contributed by atoms with Gasteiger partial charge in [0.05, 0.1) is 11.1 Å². The minimum absolute atomic E-state index is 0.456. The van der Waals surface area contributed by atoms with Gasteiger partial charge >= 0.3 is 0 Å². The lowest BCUT2D eigenvalue weighted by molar-refractivity contribution is 0.199. The largest absolute Gasteiger partial charge is 0.389 e. The van der Waals surface area contributed by atoms with Crippen molar-refractivity contribution in [1.82, 2.24) is 4.98 Å². The first kappa shape index (κ1) is 13.4. The normalized spacial score (nSPS) is 12.4. The highest BCUT2D eigenvalue weighted by Crippen LogP contribution is 2.24. The highest BCUT2D eigenvalue weighted by Gasteiger charge is 2.03. The lowest BCUT2D eigenvalue weighted by atomic mass is 10.2. The number of rotatable bonds is 4. The molecule has 4 heteroatoms. The predicted molar refractivity (Wildman–Crippen MR) is 75.9 cm³/mol. The average Bonchev–Trinajstić information content (AvgIpc) is 2.38. The third kappa shape index (κ3) is 3.73. The van der Waals surface area contributed by atoms with Gasteiger partial charge in [-0.25, -0.2) is 4.98 Å². The molecule has 0 saturated heterocycles. The Hall–Kier alpha value is -1.03. The van der Waals surface area contributed by atoms with Crippen LogP contribution in [0.1, 0.15) is 24.2 Å². The number of aromatic nitrogens is 1. The van der Waals surface area contributed by atoms with Crippen LogP contribution in [0.15, 0.2) is 47.6 Å². The molecule has 2 nitrogen and oxygen atoms in total. The van der Waals surface area contributed by atoms with Crippen LogP contribution in [-0.2, 0) is 5.75 Å². The number of aliphatic hydroxyl groups excluding tert-OH is 1. The van der Waals surface area contributed by atoms with Crippen LogP contribution in [0, 0.1) is 0 Å². The molecular weight excluding hydrogens is 266 g/mol. The van der Waals surface area contributed by atoms with Gasteiger partial charge in [0.1, 0.15) is 0 Å². The summed E-state index contributed by atoms with van der Waals surface area (Å²) in [6, 6.07) is 11.5. The van der Waals surface area contributed by atoms with Crippen LogP contribution in [0.5, 0.6) is 0 Å². The summed E-state index contributed by atoms with van der Waals surface area (Å²) >= 11 is 7.48. The maximum Gasteiger partial charge on any atom is 0.0966 e. The van der Waals surface area contributed by atoms with Gasteiger partial charge in [0, 0.05) is 17.0 Å². The fourth-order valence-electron chi connectivity index (χ4n) is 1.50. The second-order valence-electron chi connectivity index (χ2n) is 4.02. The van der Waals surface area contributed by atoms with Gasteiger partial charge in [-0.15, -0.1) is 11.8 Å². The molecule has 0 saturated carbocycles. The molecule has 0 fully saturated rings. The van der Waals surface area contributed by atoms with E-state index in [-0.39, 0.29) is 0 Å². The van der Waals surface area contributed by atoms with Crippen LogP contribution in [-0.4, -0.2) is 10.1 Å². The standard InChI is InChI=1S/C14H14ClNOS/c1-10(17)12-6-7-16-14(8-12)18-9-11-2-4-13(15)5-3-11/h2-8,10,17H,9H2,1H3/t10-/m1/s1. The highest BCUT2D eigenvalue weighted by molar-refractivity contribution is 7.98. The Labute approximate surface area is 116 Å². The minimum atomic E-state index is -0.456. The van der Waals surface area contributed by atoms with Crippen molar-refractivity contribution < 1.29 is 5.11 Å². The lowest BCUT2D eigenvalue weighted by Crippen LogP contribution is -1.92. The molecule has 0 aliphatic carbocycles. The summed E-state index contributed by atoms with van der Waals surface area (Å²) < 4.78 is 0. The van der Waals surface area contributed by atoms with Gasteiger partial charge in [-0.3, -0.25) is 0 Å². The molecule has 0 radical (unpaired) electrons. The van der Waals surface area contributed by atoms with Gasteiger partial charge in [0.15, 0.2) is 0 Å². The molecule has 2 rings (SSSR count). The van der Waals surface area contributed by atoms with Crippen molar-refractivity contribution in [3.63, 3.8) is 0 Å². The SMILES string of the molecule is C[C@@H](O)c1ccnc(SCc2ccc(Cl)cc2)c1. The summed E-state index contributed by atoms with van der Waals surface area (Å²) in [5, 5.41) is 11.2. The summed E-state index contributed by atoms with van der Waals surface area (Å²) in [6.07, 6.45) is 1.27. The second-order valence-corrected chi connectivity index (χ2v) is 5.45. The van der Waals surface area contributed by atoms with Crippen molar-refractivity contribution in [1.29, 1.82) is 0 Å². The number of hydrogen-bond donors (Lipinski definition) is 1. The van der Waals surface area contributed by atoms with Crippen LogP contribution in [0.4, 0.5) is 0 Å². The molecule has 0 spiro atoms. The fraction of sp³-hybridized carbons (Fsp3) is 0.214. The Balaban J connectivity index is 2.01. The van der Waals surface area contributed by atoms with E-state index in [9.17, 15) is 5.11 Å². The Morgan fingerprint density at radius 3 is 2.67 bits per heavy atom. The first-order valence-corrected chi connectivity index (χ1v) is 7.03. The van der Waals surface area contributed by atoms with Crippen molar-refractivity contribution in [3.8, 4) is 0 Å². The molecule has 1 heterocycles. The molecule has 18 heavy (non-hydrogen) atoms. The van der Waals surface area contributed by atoms with Gasteiger partial charge < -0.3 is 5.11 Å². The average molecular weight is 280 g/mol. The third-order valence-electron chi connectivity index (χ3n) is 2.54. The number of nitrogens with zero attached hydrogens (tertiary/aromatic N) is 1. The van der Waals surface area contributed by atoms with E-state index < -0.39 is 6.10 Å². The van der Waals surface area contributed by atoms with Gasteiger partial charge in [0.25, 0.3) is 0 Å². The molecule has 94 valence electrons. The van der Waals surface area contributed by atoms with E-state index >= 15 is 0 Å². The van der Waals surface area contributed by atoms with E-state index in [0.29, 0.717) is 0 Å². The molecular formula is C14H14ClNOS. The Morgan fingerprint density at radius 1 is 1.28 bits per heavy atom. The number of hydrogen-bond acceptors (Lipinski definition) is 3. The van der Waals surface area contributed by atoms with E-state index in [1.54, 1.807) is 24.9 Å². The van der Waals surface area contributed by atoms with Crippen molar-refractivity contribution in [2.45, 2.75) is 23.8 Å². The smallest absolute Gasteiger partial charge is 0.0966 e. The maximum atomic E-state index is 9.51. The van der Waals surface area contributed by atoms with E-state index in [4.69, 9.17) is 11.6 Å². The van der Waals surface area contributed by atoms with Gasteiger partial charge in [-0.05, 0) is 42.3 Å². The zero-order chi connectivity index (χ0) is 13.0. The number of thioether (sulfide) groups is 1. The molecule has 0 unspecified atom stereocenters. The third-order valence-corrected chi connectivity index (χ3v) is 3.79. The van der Waals surface area contributed by atoms with E-state index in [1.807, 2.05) is 36.4 Å². The molecule has 1 aromatic carbocycles. The quantitative estimate of drug-likeness (QED) is 0.856. The first-order chi connectivity index (χ1) is 8.65. The van der Waals surface area contributed by atoms with Crippen molar-refractivity contribution >= 4 is 23.4 Å². The van der Waals surface area contributed by atoms with E-state index in [0.717, 1.165) is 21.4 Å². The zero-order valence-electron chi connectivity index (χ0n) is 10.0. The Morgan fingerprint density at radius 2 is 2.00 bits per heavy atom. The van der Waals surface area contributed by atoms with Crippen LogP contribution in [0.3, 0.4) is 0 Å². The topological polar surface area (TPSA) is 33.1 Å². The molecule has 0 amide bonds. The van der Waals surface area contributed by atoms with Gasteiger partial charge in [-0.2, -0.15) is 0 Å². The molecule has 1 atom stereocenters. The molecule has 1 aromatic heterocycles. The first-order valence-electron chi connectivity index (χ1n) is 5.66. The van der Waals surface area contributed by atoms with Crippen molar-refractivity contribution in [3.05, 3.63) is 58.7 Å². The lowest BCUT2D eigenvalue weighted by Gasteiger charge is -2.06. The molecule has 1 N–H and O–H groups in total. The van der Waals surface area contributed by atoms with Crippen molar-refractivity contribution in [2.24, 2.45) is 0 Å². The second kappa shape index (κ2) is 6.23. The highest BCUT2D eigenvalue weighted by atomic mass is 35.5. The summed E-state index contributed by atoms with van der Waals surface area (Å²) in [5.74, 6) is 0.841. The van der Waals surface area contributed by atoms with Crippen LogP contribution >= 0.6 is 23.4 Å². The number of benzene rings is 1. The van der Waals surface area contributed by atoms with Crippen LogP contribution < -0.4 is 0 Å². The summed E-state index contributed by atoms with van der Waals surface area (Å²) in [6.45, 7) is 1.75. The van der Waals surface area contributed by atoms with E-state index in [1.165, 1.54) is 5.56 Å². The molecule has 0 aliphatic rings. The van der Waals surface area contributed by atoms with Crippen LogP contribution in [0.2, 0.25) is 5.02 Å². The van der Waals surface area contributed by atoms with Crippen molar-refractivity contribution in [2.75, 3.05) is 0 Å². The summed E-state index contributed by atoms with van der Waals surface area (Å²) in [7, 11) is 0. The maximum absolute atomic E-state index is 9.51. The van der Waals surface area contributed by atoms with Gasteiger partial charge in [-0.1, -0.05) is 23.7 Å². The monoisotopic (exact) mass is 279 g/mol. The van der Waals surface area contributed by atoms with E-state index in [2.05, 4.69) is 4.98 Å². The summed E-state index contributed by atoms with van der Waals surface area (Å²) in [5.41, 5.74) is 2.09. The number of aliphatic hydroxyl groups is 1.